The van der Waals surface area contributed by atoms with E-state index in [2.05, 4.69) is 13.8 Å². The van der Waals surface area contributed by atoms with Crippen LogP contribution >= 0.6 is 0 Å². The van der Waals surface area contributed by atoms with Crippen LogP contribution in [0.25, 0.3) is 0 Å². The maximum absolute atomic E-state index is 9.31. The number of hydrogen-bond donors (Lipinski definition) is 1. The van der Waals surface area contributed by atoms with Crippen molar-refractivity contribution in [3.05, 3.63) is 0 Å². The Morgan fingerprint density at radius 2 is 1.10 bits per heavy atom. The number of hydrogen-bond acceptors (Lipinski definition) is 3. The summed E-state index contributed by atoms with van der Waals surface area (Å²) in [7, 11) is 0. The van der Waals surface area contributed by atoms with E-state index in [1.165, 1.54) is 51.4 Å². The van der Waals surface area contributed by atoms with Gasteiger partial charge in [0.2, 0.25) is 0 Å². The summed E-state index contributed by atoms with van der Waals surface area (Å²) in [6, 6.07) is 0. The van der Waals surface area contributed by atoms with Crippen LogP contribution in [0.1, 0.15) is 78.1 Å². The lowest BCUT2D eigenvalue weighted by Gasteiger charge is -2.15. The van der Waals surface area contributed by atoms with E-state index in [1.807, 2.05) is 0 Å². The molecule has 0 atom stereocenters. The molecular formula is C18H38O3. The molecule has 0 spiro atoms. The highest BCUT2D eigenvalue weighted by Gasteiger charge is 2.07. The van der Waals surface area contributed by atoms with Gasteiger partial charge in [-0.3, -0.25) is 0 Å². The second-order valence-corrected chi connectivity index (χ2v) is 6.03. The van der Waals surface area contributed by atoms with Crippen molar-refractivity contribution in [3.63, 3.8) is 0 Å². The molecule has 0 unspecified atom stereocenters. The summed E-state index contributed by atoms with van der Waals surface area (Å²) in [5, 5.41) is 9.31. The first kappa shape index (κ1) is 20.9. The van der Waals surface area contributed by atoms with Crippen molar-refractivity contribution >= 4 is 0 Å². The number of aliphatic hydroxyl groups excluding tert-OH is 1. The summed E-state index contributed by atoms with van der Waals surface area (Å²) in [6.07, 6.45) is 12.6. The first-order chi connectivity index (χ1) is 10.3. The number of aliphatic hydroxyl groups is 1. The minimum Gasteiger partial charge on any atom is -0.396 e. The number of ether oxygens (including phenoxy) is 2. The van der Waals surface area contributed by atoms with E-state index in [0.717, 1.165) is 26.1 Å². The Labute approximate surface area is 132 Å². The van der Waals surface area contributed by atoms with Gasteiger partial charge in [0.15, 0.2) is 0 Å². The van der Waals surface area contributed by atoms with E-state index in [-0.39, 0.29) is 12.5 Å². The zero-order valence-corrected chi connectivity index (χ0v) is 14.4. The van der Waals surface area contributed by atoms with Crippen molar-refractivity contribution in [1.82, 2.24) is 0 Å². The van der Waals surface area contributed by atoms with E-state index in [1.54, 1.807) is 0 Å². The fraction of sp³-hybridized carbons (Fsp3) is 1.00. The summed E-state index contributed by atoms with van der Waals surface area (Å²) < 4.78 is 11.3. The van der Waals surface area contributed by atoms with Gasteiger partial charge in [-0.1, -0.05) is 65.2 Å². The second-order valence-electron chi connectivity index (χ2n) is 6.03. The normalized spacial score (nSPS) is 11.4. The van der Waals surface area contributed by atoms with Crippen molar-refractivity contribution in [1.29, 1.82) is 0 Å². The van der Waals surface area contributed by atoms with Crippen molar-refractivity contribution < 1.29 is 14.6 Å². The highest BCUT2D eigenvalue weighted by Crippen LogP contribution is 2.05. The minimum absolute atomic E-state index is 0.135. The third-order valence-corrected chi connectivity index (χ3v) is 3.75. The van der Waals surface area contributed by atoms with Crippen molar-refractivity contribution in [3.8, 4) is 0 Å². The third-order valence-electron chi connectivity index (χ3n) is 3.75. The fourth-order valence-electron chi connectivity index (χ4n) is 2.27. The molecule has 0 rings (SSSR count). The second kappa shape index (κ2) is 17.9. The van der Waals surface area contributed by atoms with Crippen LogP contribution in [0.3, 0.4) is 0 Å². The predicted molar refractivity (Wildman–Crippen MR) is 89.7 cm³/mol. The molecule has 1 N–H and O–H groups in total. The molecule has 0 aliphatic heterocycles. The maximum Gasteiger partial charge on any atom is 0.0538 e. The van der Waals surface area contributed by atoms with Crippen LogP contribution in [0.2, 0.25) is 0 Å². The number of unbranched alkanes of at least 4 members (excludes halogenated alkanes) is 8. The predicted octanol–water partition coefficient (Wildman–Crippen LogP) is 4.57. The molecule has 0 aromatic heterocycles. The van der Waals surface area contributed by atoms with Crippen LogP contribution in [-0.2, 0) is 9.47 Å². The topological polar surface area (TPSA) is 38.7 Å². The molecule has 0 aliphatic rings. The van der Waals surface area contributed by atoms with Crippen LogP contribution in [0.5, 0.6) is 0 Å². The molecule has 3 heteroatoms. The van der Waals surface area contributed by atoms with Crippen molar-refractivity contribution in [2.45, 2.75) is 78.1 Å². The molecule has 0 aromatic carbocycles. The van der Waals surface area contributed by atoms with E-state index in [4.69, 9.17) is 9.47 Å². The van der Waals surface area contributed by atoms with E-state index in [0.29, 0.717) is 13.2 Å². The Morgan fingerprint density at radius 3 is 1.48 bits per heavy atom. The summed E-state index contributed by atoms with van der Waals surface area (Å²) in [6.45, 7) is 7.50. The van der Waals surface area contributed by atoms with Gasteiger partial charge in [0.25, 0.3) is 0 Å². The highest BCUT2D eigenvalue weighted by atomic mass is 16.5. The van der Waals surface area contributed by atoms with Crippen molar-refractivity contribution in [2.24, 2.45) is 5.92 Å². The summed E-state index contributed by atoms with van der Waals surface area (Å²) in [4.78, 5) is 0. The van der Waals surface area contributed by atoms with Gasteiger partial charge in [-0.15, -0.1) is 0 Å². The summed E-state index contributed by atoms with van der Waals surface area (Å²) >= 11 is 0. The summed E-state index contributed by atoms with van der Waals surface area (Å²) in [5.74, 6) is 0.135. The molecule has 128 valence electrons. The Morgan fingerprint density at radius 1 is 0.667 bits per heavy atom. The average Bonchev–Trinajstić information content (AvgIpc) is 2.51. The molecule has 21 heavy (non-hydrogen) atoms. The SMILES string of the molecule is CCCCCCCOCC(CO)COCCCCCCC. The lowest BCUT2D eigenvalue weighted by molar-refractivity contribution is 0.0142. The molecule has 3 nitrogen and oxygen atoms in total. The average molecular weight is 302 g/mol. The quantitative estimate of drug-likeness (QED) is 0.400. The van der Waals surface area contributed by atoms with Gasteiger partial charge < -0.3 is 14.6 Å². The monoisotopic (exact) mass is 302 g/mol. The molecular weight excluding hydrogens is 264 g/mol. The molecule has 0 saturated heterocycles. The van der Waals surface area contributed by atoms with Gasteiger partial charge in [0, 0.05) is 19.1 Å². The zero-order chi connectivity index (χ0) is 15.6. The Kier molecular flexibility index (Phi) is 17.8. The Bertz CT molecular complexity index is 167. The Hall–Kier alpha value is -0.120. The first-order valence-corrected chi connectivity index (χ1v) is 9.11. The lowest BCUT2D eigenvalue weighted by atomic mass is 10.1. The van der Waals surface area contributed by atoms with Crippen LogP contribution in [-0.4, -0.2) is 38.1 Å². The van der Waals surface area contributed by atoms with E-state index < -0.39 is 0 Å². The van der Waals surface area contributed by atoms with Gasteiger partial charge in [-0.05, 0) is 12.8 Å². The highest BCUT2D eigenvalue weighted by molar-refractivity contribution is 4.55. The molecule has 0 aliphatic carbocycles. The first-order valence-electron chi connectivity index (χ1n) is 9.11. The van der Waals surface area contributed by atoms with Crippen molar-refractivity contribution in [2.75, 3.05) is 33.0 Å². The Balaban J connectivity index is 3.29. The molecule has 0 aromatic rings. The zero-order valence-electron chi connectivity index (χ0n) is 14.4. The van der Waals surface area contributed by atoms with Gasteiger partial charge in [0.1, 0.15) is 0 Å². The smallest absolute Gasteiger partial charge is 0.0538 e. The van der Waals surface area contributed by atoms with Crippen LogP contribution in [0, 0.1) is 5.92 Å². The fourth-order valence-corrected chi connectivity index (χ4v) is 2.27. The van der Waals surface area contributed by atoms with Gasteiger partial charge in [-0.2, -0.15) is 0 Å². The van der Waals surface area contributed by atoms with Crippen LogP contribution < -0.4 is 0 Å². The van der Waals surface area contributed by atoms with E-state index in [9.17, 15) is 5.11 Å². The molecule has 0 radical (unpaired) electrons. The van der Waals surface area contributed by atoms with E-state index >= 15 is 0 Å². The van der Waals surface area contributed by atoms with Gasteiger partial charge in [-0.25, -0.2) is 0 Å². The number of rotatable bonds is 17. The molecule has 0 fully saturated rings. The molecule has 0 saturated carbocycles. The van der Waals surface area contributed by atoms with Gasteiger partial charge in [0.05, 0.1) is 19.8 Å². The minimum atomic E-state index is 0.135. The molecule has 0 bridgehead atoms. The van der Waals surface area contributed by atoms with Crippen LogP contribution in [0.15, 0.2) is 0 Å². The largest absolute Gasteiger partial charge is 0.396 e. The summed E-state index contributed by atoms with van der Waals surface area (Å²) in [5.41, 5.74) is 0. The molecule has 0 amide bonds. The molecule has 0 heterocycles. The maximum atomic E-state index is 9.31. The standard InChI is InChI=1S/C18H38O3/c1-3-5-7-9-11-13-20-16-18(15-19)17-21-14-12-10-8-6-4-2/h18-19H,3-17H2,1-2H3. The lowest BCUT2D eigenvalue weighted by Crippen LogP contribution is -2.20. The van der Waals surface area contributed by atoms with Gasteiger partial charge >= 0.3 is 0 Å². The van der Waals surface area contributed by atoms with Crippen LogP contribution in [0.4, 0.5) is 0 Å². The third kappa shape index (κ3) is 16.1.